The Morgan fingerprint density at radius 1 is 1.73 bits per heavy atom. The van der Waals surface area contributed by atoms with Crippen LogP contribution in [0.15, 0.2) is 0 Å². The Bertz CT molecular complexity index is 102. The molecule has 0 aromatic carbocycles. The average molecular weight is 160 g/mol. The molecule has 0 bridgehead atoms. The van der Waals surface area contributed by atoms with Gasteiger partial charge in [0.15, 0.2) is 0 Å². The van der Waals surface area contributed by atoms with Gasteiger partial charge >= 0.3 is 0 Å². The quantitative estimate of drug-likeness (QED) is 0.627. The standard InChI is InChI=1S/C8H17FN2/c1-10-6-8(9)4-7-2-3-11-5-7/h7-8,10-11H,2-6H2,1H3. The molecule has 2 nitrogen and oxygen atoms in total. The summed E-state index contributed by atoms with van der Waals surface area (Å²) in [4.78, 5) is 0. The fraction of sp³-hybridized carbons (Fsp3) is 1.00. The van der Waals surface area contributed by atoms with E-state index in [1.54, 1.807) is 7.05 Å². The van der Waals surface area contributed by atoms with Crippen molar-refractivity contribution < 1.29 is 4.39 Å². The topological polar surface area (TPSA) is 24.1 Å². The Kier molecular flexibility index (Phi) is 3.80. The van der Waals surface area contributed by atoms with Crippen LogP contribution in [0.5, 0.6) is 0 Å². The van der Waals surface area contributed by atoms with Crippen LogP contribution in [0.1, 0.15) is 12.8 Å². The summed E-state index contributed by atoms with van der Waals surface area (Å²) >= 11 is 0. The molecule has 2 N–H and O–H groups in total. The van der Waals surface area contributed by atoms with Gasteiger partial charge in [-0.15, -0.1) is 0 Å². The second-order valence-corrected chi connectivity index (χ2v) is 3.25. The molecule has 1 saturated heterocycles. The lowest BCUT2D eigenvalue weighted by Crippen LogP contribution is -2.23. The number of rotatable bonds is 4. The first kappa shape index (κ1) is 8.94. The lowest BCUT2D eigenvalue weighted by molar-refractivity contribution is 0.270. The van der Waals surface area contributed by atoms with Gasteiger partial charge < -0.3 is 10.6 Å². The summed E-state index contributed by atoms with van der Waals surface area (Å²) in [5.41, 5.74) is 0. The minimum absolute atomic E-state index is 0.497. The molecule has 1 rings (SSSR count). The van der Waals surface area contributed by atoms with Crippen molar-refractivity contribution in [2.75, 3.05) is 26.7 Å². The Balaban J connectivity index is 2.08. The van der Waals surface area contributed by atoms with Gasteiger partial charge in [-0.05, 0) is 38.9 Å². The maximum atomic E-state index is 13.0. The lowest BCUT2D eigenvalue weighted by Gasteiger charge is -2.11. The molecule has 0 saturated carbocycles. The maximum Gasteiger partial charge on any atom is 0.113 e. The summed E-state index contributed by atoms with van der Waals surface area (Å²) in [5, 5.41) is 6.08. The monoisotopic (exact) mass is 160 g/mol. The highest BCUT2D eigenvalue weighted by Gasteiger charge is 2.18. The minimum Gasteiger partial charge on any atom is -0.317 e. The first-order valence-corrected chi connectivity index (χ1v) is 4.32. The number of alkyl halides is 1. The summed E-state index contributed by atoms with van der Waals surface area (Å²) in [6, 6.07) is 0. The van der Waals surface area contributed by atoms with Crippen molar-refractivity contribution in [1.29, 1.82) is 0 Å². The summed E-state index contributed by atoms with van der Waals surface area (Å²) in [5.74, 6) is 0.568. The molecule has 11 heavy (non-hydrogen) atoms. The van der Waals surface area contributed by atoms with Crippen LogP contribution >= 0.6 is 0 Å². The van der Waals surface area contributed by atoms with Crippen LogP contribution in [0, 0.1) is 5.92 Å². The molecule has 0 radical (unpaired) electrons. The van der Waals surface area contributed by atoms with Gasteiger partial charge in [-0.3, -0.25) is 0 Å². The minimum atomic E-state index is -0.662. The molecule has 1 aliphatic rings. The molecule has 0 amide bonds. The molecule has 1 heterocycles. The second kappa shape index (κ2) is 4.67. The van der Waals surface area contributed by atoms with Gasteiger partial charge in [0.1, 0.15) is 6.17 Å². The van der Waals surface area contributed by atoms with E-state index in [-0.39, 0.29) is 0 Å². The van der Waals surface area contributed by atoms with Crippen LogP contribution < -0.4 is 10.6 Å². The molecule has 1 fully saturated rings. The van der Waals surface area contributed by atoms with Crippen molar-refractivity contribution >= 4 is 0 Å². The van der Waals surface area contributed by atoms with Gasteiger partial charge in [-0.1, -0.05) is 0 Å². The molecule has 1 aliphatic heterocycles. The summed E-state index contributed by atoms with van der Waals surface area (Å²) < 4.78 is 13.0. The summed E-state index contributed by atoms with van der Waals surface area (Å²) in [6.45, 7) is 2.57. The van der Waals surface area contributed by atoms with Crippen LogP contribution in [-0.2, 0) is 0 Å². The SMILES string of the molecule is CNCC(F)CC1CCNC1. The molecular formula is C8H17FN2. The summed E-state index contributed by atoms with van der Waals surface area (Å²) in [7, 11) is 1.79. The van der Waals surface area contributed by atoms with Crippen molar-refractivity contribution in [2.24, 2.45) is 5.92 Å². The second-order valence-electron chi connectivity index (χ2n) is 3.25. The lowest BCUT2D eigenvalue weighted by atomic mass is 10.0. The molecule has 0 aromatic heterocycles. The normalized spacial score (nSPS) is 27.3. The first-order valence-electron chi connectivity index (χ1n) is 4.32. The van der Waals surface area contributed by atoms with Crippen LogP contribution in [0.4, 0.5) is 4.39 Å². The van der Waals surface area contributed by atoms with Crippen LogP contribution in [-0.4, -0.2) is 32.9 Å². The Morgan fingerprint density at radius 2 is 2.55 bits per heavy atom. The van der Waals surface area contributed by atoms with Crippen molar-refractivity contribution in [2.45, 2.75) is 19.0 Å². The van der Waals surface area contributed by atoms with E-state index in [9.17, 15) is 4.39 Å². The zero-order valence-electron chi connectivity index (χ0n) is 7.07. The maximum absolute atomic E-state index is 13.0. The van der Waals surface area contributed by atoms with Crippen LogP contribution in [0.2, 0.25) is 0 Å². The van der Waals surface area contributed by atoms with E-state index in [1.165, 1.54) is 0 Å². The number of hydrogen-bond acceptors (Lipinski definition) is 2. The van der Waals surface area contributed by atoms with E-state index in [1.807, 2.05) is 0 Å². The van der Waals surface area contributed by atoms with Crippen LogP contribution in [0.3, 0.4) is 0 Å². The molecule has 0 spiro atoms. The van der Waals surface area contributed by atoms with E-state index in [4.69, 9.17) is 0 Å². The highest BCUT2D eigenvalue weighted by Crippen LogP contribution is 2.15. The van der Waals surface area contributed by atoms with Gasteiger partial charge in [0.05, 0.1) is 0 Å². The van der Waals surface area contributed by atoms with E-state index in [2.05, 4.69) is 10.6 Å². The predicted molar refractivity (Wildman–Crippen MR) is 44.4 cm³/mol. The van der Waals surface area contributed by atoms with Crippen molar-refractivity contribution in [3.63, 3.8) is 0 Å². The summed E-state index contributed by atoms with van der Waals surface area (Å²) in [6.07, 6.45) is 1.20. The molecule has 0 aromatic rings. The van der Waals surface area contributed by atoms with Crippen LogP contribution in [0.25, 0.3) is 0 Å². The fourth-order valence-corrected chi connectivity index (χ4v) is 1.58. The Morgan fingerprint density at radius 3 is 3.09 bits per heavy atom. The third-order valence-electron chi connectivity index (χ3n) is 2.18. The zero-order valence-corrected chi connectivity index (χ0v) is 7.07. The molecule has 2 unspecified atom stereocenters. The molecule has 66 valence electrons. The van der Waals surface area contributed by atoms with E-state index in [0.29, 0.717) is 18.9 Å². The highest BCUT2D eigenvalue weighted by molar-refractivity contribution is 4.74. The third kappa shape index (κ3) is 3.16. The molecule has 3 heteroatoms. The van der Waals surface area contributed by atoms with Crippen molar-refractivity contribution in [1.82, 2.24) is 10.6 Å². The van der Waals surface area contributed by atoms with E-state index < -0.39 is 6.17 Å². The van der Waals surface area contributed by atoms with Gasteiger partial charge in [0, 0.05) is 6.54 Å². The number of halogens is 1. The average Bonchev–Trinajstić information content (AvgIpc) is 2.40. The molecule has 0 aliphatic carbocycles. The molecular weight excluding hydrogens is 143 g/mol. The third-order valence-corrected chi connectivity index (χ3v) is 2.18. The zero-order chi connectivity index (χ0) is 8.10. The Hall–Kier alpha value is -0.150. The van der Waals surface area contributed by atoms with Gasteiger partial charge in [0.2, 0.25) is 0 Å². The Labute approximate surface area is 67.6 Å². The fourth-order valence-electron chi connectivity index (χ4n) is 1.58. The van der Waals surface area contributed by atoms with Gasteiger partial charge in [-0.2, -0.15) is 0 Å². The largest absolute Gasteiger partial charge is 0.317 e. The van der Waals surface area contributed by atoms with Gasteiger partial charge in [-0.25, -0.2) is 4.39 Å². The highest BCUT2D eigenvalue weighted by atomic mass is 19.1. The first-order chi connectivity index (χ1) is 5.33. The van der Waals surface area contributed by atoms with Crippen molar-refractivity contribution in [3.8, 4) is 0 Å². The van der Waals surface area contributed by atoms with Crippen molar-refractivity contribution in [3.05, 3.63) is 0 Å². The number of nitrogens with one attached hydrogen (secondary N) is 2. The smallest absolute Gasteiger partial charge is 0.113 e. The predicted octanol–water partition coefficient (Wildman–Crippen LogP) is 0.543. The van der Waals surface area contributed by atoms with Gasteiger partial charge in [0.25, 0.3) is 0 Å². The number of hydrogen-bond donors (Lipinski definition) is 2. The van der Waals surface area contributed by atoms with E-state index in [0.717, 1.165) is 19.5 Å². The van der Waals surface area contributed by atoms with E-state index >= 15 is 0 Å². The molecule has 2 atom stereocenters.